The van der Waals surface area contributed by atoms with Crippen LogP contribution in [-0.4, -0.2) is 5.11 Å². The van der Waals surface area contributed by atoms with E-state index in [4.69, 9.17) is 4.42 Å². The molecule has 1 aromatic heterocycles. The molecule has 0 fully saturated rings. The molecule has 0 amide bonds. The number of phenols is 1. The fourth-order valence-electron chi connectivity index (χ4n) is 2.11. The maximum Gasteiger partial charge on any atom is 0.123 e. The molecule has 0 saturated heterocycles. The van der Waals surface area contributed by atoms with Crippen LogP contribution in [0.5, 0.6) is 5.75 Å². The van der Waals surface area contributed by atoms with Crippen LogP contribution in [0.4, 0.5) is 0 Å². The lowest BCUT2D eigenvalue weighted by Gasteiger charge is -1.97. The summed E-state index contributed by atoms with van der Waals surface area (Å²) < 4.78 is 4.96. The zero-order valence-corrected chi connectivity index (χ0v) is 10.9. The van der Waals surface area contributed by atoms with Gasteiger partial charge in [0.1, 0.15) is 5.75 Å². The minimum atomic E-state index is 0.350. The molecular weight excluding hydrogens is 248 g/mol. The molecule has 0 aliphatic carbocycles. The van der Waals surface area contributed by atoms with Crippen molar-refractivity contribution in [1.82, 2.24) is 0 Å². The van der Waals surface area contributed by atoms with Crippen LogP contribution in [0, 0.1) is 0 Å². The molecule has 0 saturated carbocycles. The van der Waals surface area contributed by atoms with Gasteiger partial charge in [0.15, 0.2) is 0 Å². The second kappa shape index (κ2) is 5.49. The molecule has 0 aliphatic heterocycles. The molecule has 2 nitrogen and oxygen atoms in total. The third-order valence-electron chi connectivity index (χ3n) is 3.15. The SMILES string of the molecule is Oc1cccc2ccccc12.c1ccc2cocc2c1. The first-order valence-electron chi connectivity index (χ1n) is 6.42. The van der Waals surface area contributed by atoms with Crippen LogP contribution in [0.1, 0.15) is 0 Å². The standard InChI is InChI=1S/C10H8O.C8H6O/c11-10-7-3-5-8-4-1-2-6-9(8)10;1-2-4-8-6-9-5-7(8)3-1/h1-7,11H;1-6H. The molecule has 0 atom stereocenters. The summed E-state index contributed by atoms with van der Waals surface area (Å²) >= 11 is 0. The lowest BCUT2D eigenvalue weighted by molar-refractivity contribution is 0.481. The number of hydrogen-bond acceptors (Lipinski definition) is 2. The van der Waals surface area contributed by atoms with Crippen molar-refractivity contribution >= 4 is 21.5 Å². The van der Waals surface area contributed by atoms with E-state index in [-0.39, 0.29) is 0 Å². The summed E-state index contributed by atoms with van der Waals surface area (Å²) in [7, 11) is 0. The number of benzene rings is 3. The van der Waals surface area contributed by atoms with Gasteiger partial charge < -0.3 is 9.52 Å². The van der Waals surface area contributed by atoms with E-state index in [1.807, 2.05) is 60.7 Å². The molecule has 0 aliphatic rings. The summed E-state index contributed by atoms with van der Waals surface area (Å²) in [4.78, 5) is 0. The molecule has 0 bridgehead atoms. The van der Waals surface area contributed by atoms with E-state index in [0.29, 0.717) is 5.75 Å². The van der Waals surface area contributed by atoms with Crippen molar-refractivity contribution in [1.29, 1.82) is 0 Å². The predicted octanol–water partition coefficient (Wildman–Crippen LogP) is 4.98. The molecule has 1 N–H and O–H groups in total. The van der Waals surface area contributed by atoms with Crippen molar-refractivity contribution in [3.63, 3.8) is 0 Å². The number of furan rings is 1. The van der Waals surface area contributed by atoms with Gasteiger partial charge in [-0.2, -0.15) is 0 Å². The smallest absolute Gasteiger partial charge is 0.123 e. The monoisotopic (exact) mass is 262 g/mol. The molecular formula is C18H14O2. The minimum absolute atomic E-state index is 0.350. The summed E-state index contributed by atoms with van der Waals surface area (Å²) in [6, 6.07) is 21.3. The number of hydrogen-bond donors (Lipinski definition) is 1. The van der Waals surface area contributed by atoms with E-state index in [1.165, 1.54) is 0 Å². The average molecular weight is 262 g/mol. The van der Waals surface area contributed by atoms with Gasteiger partial charge in [-0.05, 0) is 11.5 Å². The quantitative estimate of drug-likeness (QED) is 0.485. The molecule has 0 spiro atoms. The maximum atomic E-state index is 9.37. The number of phenolic OH excluding ortho intramolecular Hbond substituents is 1. The van der Waals surface area contributed by atoms with Crippen molar-refractivity contribution in [2.45, 2.75) is 0 Å². The largest absolute Gasteiger partial charge is 0.507 e. The first-order valence-corrected chi connectivity index (χ1v) is 6.42. The molecule has 0 radical (unpaired) electrons. The second-order valence-corrected chi connectivity index (χ2v) is 4.50. The van der Waals surface area contributed by atoms with Gasteiger partial charge in [0.25, 0.3) is 0 Å². The Hall–Kier alpha value is -2.74. The zero-order valence-electron chi connectivity index (χ0n) is 10.9. The van der Waals surface area contributed by atoms with Crippen molar-refractivity contribution in [3.8, 4) is 5.75 Å². The highest BCUT2D eigenvalue weighted by Gasteiger charge is 1.94. The van der Waals surface area contributed by atoms with Crippen molar-refractivity contribution in [2.75, 3.05) is 0 Å². The van der Waals surface area contributed by atoms with Gasteiger partial charge in [0.2, 0.25) is 0 Å². The Morgan fingerprint density at radius 3 is 1.80 bits per heavy atom. The normalized spacial score (nSPS) is 10.2. The summed E-state index contributed by atoms with van der Waals surface area (Å²) in [5.41, 5.74) is 0. The van der Waals surface area contributed by atoms with Crippen molar-refractivity contribution in [3.05, 3.63) is 79.3 Å². The Kier molecular flexibility index (Phi) is 3.38. The topological polar surface area (TPSA) is 33.4 Å². The van der Waals surface area contributed by atoms with Crippen LogP contribution in [-0.2, 0) is 0 Å². The molecule has 0 unspecified atom stereocenters. The Morgan fingerprint density at radius 2 is 1.15 bits per heavy atom. The minimum Gasteiger partial charge on any atom is -0.507 e. The van der Waals surface area contributed by atoms with E-state index >= 15 is 0 Å². The fraction of sp³-hybridized carbons (Fsp3) is 0. The molecule has 98 valence electrons. The Balaban J connectivity index is 0.000000123. The fourth-order valence-corrected chi connectivity index (χ4v) is 2.11. The Labute approximate surface area is 116 Å². The van der Waals surface area contributed by atoms with Gasteiger partial charge in [-0.25, -0.2) is 0 Å². The van der Waals surface area contributed by atoms with Crippen molar-refractivity contribution in [2.24, 2.45) is 0 Å². The van der Waals surface area contributed by atoms with Crippen LogP contribution in [0.25, 0.3) is 21.5 Å². The summed E-state index contributed by atoms with van der Waals surface area (Å²) in [5.74, 6) is 0.350. The zero-order chi connectivity index (χ0) is 13.8. The lowest BCUT2D eigenvalue weighted by Crippen LogP contribution is -1.70. The maximum absolute atomic E-state index is 9.37. The van der Waals surface area contributed by atoms with Gasteiger partial charge in [0.05, 0.1) is 12.5 Å². The van der Waals surface area contributed by atoms with E-state index in [0.717, 1.165) is 21.5 Å². The highest BCUT2D eigenvalue weighted by Crippen LogP contribution is 2.22. The third-order valence-corrected chi connectivity index (χ3v) is 3.15. The highest BCUT2D eigenvalue weighted by molar-refractivity contribution is 5.87. The van der Waals surface area contributed by atoms with Gasteiger partial charge in [-0.1, -0.05) is 60.7 Å². The first-order chi connectivity index (χ1) is 9.84. The predicted molar refractivity (Wildman–Crippen MR) is 81.8 cm³/mol. The lowest BCUT2D eigenvalue weighted by atomic mass is 10.1. The summed E-state index contributed by atoms with van der Waals surface area (Å²) in [5, 5.41) is 13.7. The molecule has 4 rings (SSSR count). The highest BCUT2D eigenvalue weighted by atomic mass is 16.3. The summed E-state index contributed by atoms with van der Waals surface area (Å²) in [6.45, 7) is 0. The average Bonchev–Trinajstić information content (AvgIpc) is 2.97. The second-order valence-electron chi connectivity index (χ2n) is 4.50. The molecule has 4 aromatic rings. The number of rotatable bonds is 0. The Bertz CT molecular complexity index is 795. The Morgan fingerprint density at radius 1 is 0.600 bits per heavy atom. The van der Waals surface area contributed by atoms with Gasteiger partial charge in [-0.3, -0.25) is 0 Å². The van der Waals surface area contributed by atoms with Crippen LogP contribution >= 0.6 is 0 Å². The first kappa shape index (κ1) is 12.3. The van der Waals surface area contributed by atoms with Gasteiger partial charge in [-0.15, -0.1) is 0 Å². The van der Waals surface area contributed by atoms with E-state index in [1.54, 1.807) is 18.6 Å². The molecule has 20 heavy (non-hydrogen) atoms. The van der Waals surface area contributed by atoms with E-state index < -0.39 is 0 Å². The van der Waals surface area contributed by atoms with Crippen LogP contribution in [0.15, 0.2) is 83.7 Å². The van der Waals surface area contributed by atoms with Crippen molar-refractivity contribution < 1.29 is 9.52 Å². The van der Waals surface area contributed by atoms with E-state index in [9.17, 15) is 5.11 Å². The third kappa shape index (κ3) is 2.50. The van der Waals surface area contributed by atoms with E-state index in [2.05, 4.69) is 0 Å². The molecule has 2 heteroatoms. The molecule has 1 heterocycles. The van der Waals surface area contributed by atoms with Crippen LogP contribution in [0.3, 0.4) is 0 Å². The molecule has 3 aromatic carbocycles. The van der Waals surface area contributed by atoms with Crippen LogP contribution < -0.4 is 0 Å². The summed E-state index contributed by atoms with van der Waals surface area (Å²) in [6.07, 6.45) is 3.49. The number of fused-ring (bicyclic) bond motifs is 2. The number of aromatic hydroxyl groups is 1. The van der Waals surface area contributed by atoms with Crippen LogP contribution in [0.2, 0.25) is 0 Å². The van der Waals surface area contributed by atoms with Gasteiger partial charge in [0, 0.05) is 16.2 Å². The van der Waals surface area contributed by atoms with Gasteiger partial charge >= 0.3 is 0 Å².